The standard InChI is InChI=1S/C14H25N3O2/c1-5-14(2,8-9-18)15-10-11-6-7-12(16-11)13(19)17(3)4/h6-7,15-16,18H,5,8-10H2,1-4H3. The van der Waals surface area contributed by atoms with Gasteiger partial charge in [-0.15, -0.1) is 0 Å². The normalized spacial score (nSPS) is 14.2. The van der Waals surface area contributed by atoms with E-state index < -0.39 is 0 Å². The Kier molecular flexibility index (Phi) is 5.57. The molecule has 1 unspecified atom stereocenters. The summed E-state index contributed by atoms with van der Waals surface area (Å²) in [5.41, 5.74) is 1.50. The van der Waals surface area contributed by atoms with Crippen LogP contribution in [0.2, 0.25) is 0 Å². The average Bonchev–Trinajstić information content (AvgIpc) is 2.84. The van der Waals surface area contributed by atoms with E-state index in [0.29, 0.717) is 18.7 Å². The lowest BCUT2D eigenvalue weighted by Crippen LogP contribution is -2.42. The van der Waals surface area contributed by atoms with Crippen LogP contribution in [0.3, 0.4) is 0 Å². The van der Waals surface area contributed by atoms with Gasteiger partial charge in [-0.3, -0.25) is 4.79 Å². The first-order valence-electron chi connectivity index (χ1n) is 6.67. The van der Waals surface area contributed by atoms with Gasteiger partial charge in [0.05, 0.1) is 0 Å². The van der Waals surface area contributed by atoms with Crippen LogP contribution < -0.4 is 5.32 Å². The largest absolute Gasteiger partial charge is 0.396 e. The Bertz CT molecular complexity index is 415. The van der Waals surface area contributed by atoms with Gasteiger partial charge in [-0.2, -0.15) is 0 Å². The number of aliphatic hydroxyl groups excluding tert-OH is 1. The summed E-state index contributed by atoms with van der Waals surface area (Å²) < 4.78 is 0. The summed E-state index contributed by atoms with van der Waals surface area (Å²) in [6, 6.07) is 3.72. The average molecular weight is 267 g/mol. The first kappa shape index (κ1) is 15.7. The van der Waals surface area contributed by atoms with Gasteiger partial charge < -0.3 is 20.3 Å². The first-order chi connectivity index (χ1) is 8.91. The summed E-state index contributed by atoms with van der Waals surface area (Å²) in [4.78, 5) is 16.4. The van der Waals surface area contributed by atoms with Gasteiger partial charge in [-0.25, -0.2) is 0 Å². The molecule has 5 nitrogen and oxygen atoms in total. The Morgan fingerprint density at radius 2 is 2.16 bits per heavy atom. The van der Waals surface area contributed by atoms with E-state index in [1.807, 2.05) is 6.07 Å². The third-order valence-electron chi connectivity index (χ3n) is 3.53. The number of carbonyl (C=O) groups is 1. The number of aliphatic hydroxyl groups is 1. The van der Waals surface area contributed by atoms with Crippen LogP contribution in [0.25, 0.3) is 0 Å². The van der Waals surface area contributed by atoms with E-state index in [2.05, 4.69) is 24.1 Å². The smallest absolute Gasteiger partial charge is 0.269 e. The van der Waals surface area contributed by atoms with Crippen LogP contribution >= 0.6 is 0 Å². The summed E-state index contributed by atoms with van der Waals surface area (Å²) in [6.45, 7) is 5.02. The van der Waals surface area contributed by atoms with Gasteiger partial charge in [-0.1, -0.05) is 6.92 Å². The summed E-state index contributed by atoms with van der Waals surface area (Å²) >= 11 is 0. The number of nitrogens with zero attached hydrogens (tertiary/aromatic N) is 1. The van der Waals surface area contributed by atoms with Crippen LogP contribution in [0.4, 0.5) is 0 Å². The van der Waals surface area contributed by atoms with Crippen molar-refractivity contribution in [3.05, 3.63) is 23.5 Å². The van der Waals surface area contributed by atoms with Crippen molar-refractivity contribution in [1.29, 1.82) is 0 Å². The predicted octanol–water partition coefficient (Wildman–Crippen LogP) is 1.36. The highest BCUT2D eigenvalue weighted by Crippen LogP contribution is 2.15. The van der Waals surface area contributed by atoms with E-state index >= 15 is 0 Å². The van der Waals surface area contributed by atoms with E-state index in [1.165, 1.54) is 0 Å². The van der Waals surface area contributed by atoms with Crippen LogP contribution in [0.15, 0.2) is 12.1 Å². The Balaban J connectivity index is 2.61. The van der Waals surface area contributed by atoms with E-state index in [4.69, 9.17) is 5.11 Å². The highest BCUT2D eigenvalue weighted by Gasteiger charge is 2.20. The van der Waals surface area contributed by atoms with Crippen molar-refractivity contribution in [3.63, 3.8) is 0 Å². The third-order valence-corrected chi connectivity index (χ3v) is 3.53. The second-order valence-corrected chi connectivity index (χ2v) is 5.34. The minimum atomic E-state index is -0.0778. The molecule has 5 heteroatoms. The molecule has 1 heterocycles. The van der Waals surface area contributed by atoms with Crippen molar-refractivity contribution in [2.24, 2.45) is 0 Å². The second kappa shape index (κ2) is 6.73. The van der Waals surface area contributed by atoms with Crippen LogP contribution in [0.1, 0.15) is 42.9 Å². The van der Waals surface area contributed by atoms with Crippen molar-refractivity contribution in [1.82, 2.24) is 15.2 Å². The Hall–Kier alpha value is -1.33. The monoisotopic (exact) mass is 267 g/mol. The maximum atomic E-state index is 11.8. The Morgan fingerprint density at radius 3 is 2.68 bits per heavy atom. The molecule has 108 valence electrons. The fourth-order valence-electron chi connectivity index (χ4n) is 1.85. The SMILES string of the molecule is CCC(C)(CCO)NCc1ccc(C(=O)N(C)C)[nH]1. The number of carbonyl (C=O) groups excluding carboxylic acids is 1. The molecule has 0 spiro atoms. The number of aromatic amines is 1. The third kappa shape index (κ3) is 4.36. The van der Waals surface area contributed by atoms with Crippen LogP contribution in [-0.2, 0) is 6.54 Å². The van der Waals surface area contributed by atoms with Crippen LogP contribution in [-0.4, -0.2) is 47.1 Å². The lowest BCUT2D eigenvalue weighted by atomic mass is 9.95. The molecule has 0 bridgehead atoms. The van der Waals surface area contributed by atoms with Gasteiger partial charge in [0.2, 0.25) is 0 Å². The van der Waals surface area contributed by atoms with Crippen LogP contribution in [0, 0.1) is 0 Å². The van der Waals surface area contributed by atoms with Gasteiger partial charge in [0.25, 0.3) is 5.91 Å². The number of amides is 1. The number of aromatic nitrogens is 1. The zero-order valence-corrected chi connectivity index (χ0v) is 12.3. The topological polar surface area (TPSA) is 68.4 Å². The molecular formula is C14H25N3O2. The van der Waals surface area contributed by atoms with Crippen molar-refractivity contribution < 1.29 is 9.90 Å². The van der Waals surface area contributed by atoms with E-state index in [-0.39, 0.29) is 18.1 Å². The van der Waals surface area contributed by atoms with Gasteiger partial charge in [-0.05, 0) is 31.9 Å². The fraction of sp³-hybridized carbons (Fsp3) is 0.643. The molecule has 1 aromatic rings. The molecule has 1 rings (SSSR count). The summed E-state index contributed by atoms with van der Waals surface area (Å²) in [6.07, 6.45) is 1.66. The lowest BCUT2D eigenvalue weighted by molar-refractivity contribution is 0.0822. The number of hydrogen-bond donors (Lipinski definition) is 3. The molecule has 3 N–H and O–H groups in total. The summed E-state index contributed by atoms with van der Waals surface area (Å²) in [5, 5.41) is 12.5. The second-order valence-electron chi connectivity index (χ2n) is 5.34. The highest BCUT2D eigenvalue weighted by atomic mass is 16.3. The van der Waals surface area contributed by atoms with Gasteiger partial charge in [0, 0.05) is 38.5 Å². The quantitative estimate of drug-likeness (QED) is 0.698. The van der Waals surface area contributed by atoms with Crippen molar-refractivity contribution in [2.75, 3.05) is 20.7 Å². The minimum Gasteiger partial charge on any atom is -0.396 e. The minimum absolute atomic E-state index is 0.0279. The molecule has 1 aromatic heterocycles. The lowest BCUT2D eigenvalue weighted by Gasteiger charge is -2.29. The molecule has 1 amide bonds. The summed E-state index contributed by atoms with van der Waals surface area (Å²) in [7, 11) is 3.47. The molecule has 0 radical (unpaired) electrons. The molecule has 0 fully saturated rings. The van der Waals surface area contributed by atoms with Gasteiger partial charge in [0.15, 0.2) is 0 Å². The molecule has 0 aliphatic rings. The van der Waals surface area contributed by atoms with Crippen molar-refractivity contribution in [3.8, 4) is 0 Å². The van der Waals surface area contributed by atoms with Crippen molar-refractivity contribution in [2.45, 2.75) is 38.8 Å². The molecular weight excluding hydrogens is 242 g/mol. The van der Waals surface area contributed by atoms with Gasteiger partial charge >= 0.3 is 0 Å². The predicted molar refractivity (Wildman–Crippen MR) is 76.0 cm³/mol. The zero-order valence-electron chi connectivity index (χ0n) is 12.3. The summed E-state index contributed by atoms with van der Waals surface area (Å²) in [5.74, 6) is -0.0279. The zero-order chi connectivity index (χ0) is 14.5. The fourth-order valence-corrected chi connectivity index (χ4v) is 1.85. The number of H-pyrrole nitrogens is 1. The van der Waals surface area contributed by atoms with E-state index in [1.54, 1.807) is 25.1 Å². The first-order valence-corrected chi connectivity index (χ1v) is 6.67. The molecule has 0 aliphatic heterocycles. The molecule has 0 aliphatic carbocycles. The van der Waals surface area contributed by atoms with Gasteiger partial charge in [0.1, 0.15) is 5.69 Å². The molecule has 0 saturated heterocycles. The van der Waals surface area contributed by atoms with E-state index in [0.717, 1.165) is 12.1 Å². The Labute approximate surface area is 115 Å². The molecule has 1 atom stereocenters. The highest BCUT2D eigenvalue weighted by molar-refractivity contribution is 5.92. The number of nitrogens with one attached hydrogen (secondary N) is 2. The Morgan fingerprint density at radius 1 is 1.47 bits per heavy atom. The van der Waals surface area contributed by atoms with Crippen molar-refractivity contribution >= 4 is 5.91 Å². The molecule has 0 aromatic carbocycles. The number of rotatable bonds is 7. The number of hydrogen-bond acceptors (Lipinski definition) is 3. The maximum absolute atomic E-state index is 11.8. The maximum Gasteiger partial charge on any atom is 0.269 e. The van der Waals surface area contributed by atoms with E-state index in [9.17, 15) is 4.79 Å². The molecule has 19 heavy (non-hydrogen) atoms. The molecule has 0 saturated carbocycles. The van der Waals surface area contributed by atoms with Crippen LogP contribution in [0.5, 0.6) is 0 Å².